The topological polar surface area (TPSA) is 89.1 Å². The third kappa shape index (κ3) is 4.14. The lowest BCUT2D eigenvalue weighted by Crippen LogP contribution is -2.36. The molecule has 0 aliphatic carbocycles. The van der Waals surface area contributed by atoms with Crippen LogP contribution in [0, 0.1) is 6.92 Å². The van der Waals surface area contributed by atoms with Crippen LogP contribution in [0.1, 0.15) is 18.4 Å². The number of aryl methyl sites for hydroxylation is 1. The van der Waals surface area contributed by atoms with Crippen molar-refractivity contribution in [3.63, 3.8) is 0 Å². The second kappa shape index (κ2) is 8.55. The van der Waals surface area contributed by atoms with E-state index in [2.05, 4.69) is 64.5 Å². The van der Waals surface area contributed by atoms with Gasteiger partial charge in [0.2, 0.25) is 5.95 Å². The van der Waals surface area contributed by atoms with Gasteiger partial charge in [0.25, 0.3) is 0 Å². The summed E-state index contributed by atoms with van der Waals surface area (Å²) in [4.78, 5) is 15.0. The van der Waals surface area contributed by atoms with Crippen LogP contribution in [0.15, 0.2) is 54.7 Å². The lowest BCUT2D eigenvalue weighted by molar-refractivity contribution is 0.145. The first kappa shape index (κ1) is 20.4. The number of fused-ring (bicyclic) bond motifs is 1. The molecule has 0 unspecified atom stereocenters. The zero-order valence-electron chi connectivity index (χ0n) is 18.4. The summed E-state index contributed by atoms with van der Waals surface area (Å²) in [5.41, 5.74) is 6.23. The molecule has 4 N–H and O–H groups in total. The van der Waals surface area contributed by atoms with Gasteiger partial charge in [0, 0.05) is 36.3 Å². The van der Waals surface area contributed by atoms with Crippen LogP contribution in [0.25, 0.3) is 11.0 Å². The number of aromatic nitrogens is 3. The van der Waals surface area contributed by atoms with Crippen molar-refractivity contribution in [2.24, 2.45) is 0 Å². The number of benzene rings is 2. The molecule has 4 aromatic rings. The Labute approximate surface area is 188 Å². The molecule has 0 spiro atoms. The Morgan fingerprint density at radius 3 is 2.62 bits per heavy atom. The number of aromatic amines is 1. The van der Waals surface area contributed by atoms with Crippen molar-refractivity contribution in [1.82, 2.24) is 15.0 Å². The summed E-state index contributed by atoms with van der Waals surface area (Å²) in [6, 6.07) is 16.5. The van der Waals surface area contributed by atoms with Gasteiger partial charge >= 0.3 is 0 Å². The molecule has 5 rings (SSSR count). The maximum absolute atomic E-state index is 9.77. The zero-order valence-corrected chi connectivity index (χ0v) is 18.4. The van der Waals surface area contributed by atoms with E-state index in [0.29, 0.717) is 5.95 Å². The summed E-state index contributed by atoms with van der Waals surface area (Å²) >= 11 is 0. The van der Waals surface area contributed by atoms with Gasteiger partial charge in [0.15, 0.2) is 0 Å². The Kier molecular flexibility index (Phi) is 5.45. The SMILES string of the molecule is Bc1cc(N2CCC(O)CC2)ccc1Nc1nc(Nc2ccccc2C)c2cc[nH]c2n1. The van der Waals surface area contributed by atoms with E-state index in [-0.39, 0.29) is 6.10 Å². The monoisotopic (exact) mass is 426 g/mol. The molecule has 1 aliphatic rings. The van der Waals surface area contributed by atoms with Gasteiger partial charge in [-0.3, -0.25) is 0 Å². The second-order valence-electron chi connectivity index (χ2n) is 8.42. The van der Waals surface area contributed by atoms with Crippen LogP contribution in [-0.4, -0.2) is 47.1 Å². The maximum Gasteiger partial charge on any atom is 0.231 e. The lowest BCUT2D eigenvalue weighted by Gasteiger charge is -2.32. The molecule has 0 radical (unpaired) electrons. The van der Waals surface area contributed by atoms with Crippen molar-refractivity contribution in [2.75, 3.05) is 28.6 Å². The average Bonchev–Trinajstić information content (AvgIpc) is 3.26. The number of nitrogens with one attached hydrogen (secondary N) is 3. The van der Waals surface area contributed by atoms with E-state index in [9.17, 15) is 5.11 Å². The Hall–Kier alpha value is -3.52. The molecule has 3 heterocycles. The molecule has 2 aromatic carbocycles. The average molecular weight is 426 g/mol. The largest absolute Gasteiger partial charge is 0.393 e. The van der Waals surface area contributed by atoms with Gasteiger partial charge in [0.1, 0.15) is 19.3 Å². The van der Waals surface area contributed by atoms with Crippen molar-refractivity contribution >= 4 is 53.2 Å². The molecule has 1 fully saturated rings. The van der Waals surface area contributed by atoms with Crippen LogP contribution >= 0.6 is 0 Å². The first-order valence-corrected chi connectivity index (χ1v) is 11.1. The summed E-state index contributed by atoms with van der Waals surface area (Å²) < 4.78 is 0. The van der Waals surface area contributed by atoms with E-state index in [1.807, 2.05) is 30.5 Å². The van der Waals surface area contributed by atoms with E-state index >= 15 is 0 Å². The number of para-hydroxylation sites is 1. The van der Waals surface area contributed by atoms with Crippen LogP contribution in [0.5, 0.6) is 0 Å². The van der Waals surface area contributed by atoms with Crippen LogP contribution in [0.3, 0.4) is 0 Å². The summed E-state index contributed by atoms with van der Waals surface area (Å²) in [7, 11) is 2.09. The van der Waals surface area contributed by atoms with Crippen molar-refractivity contribution in [3.05, 3.63) is 60.3 Å². The highest BCUT2D eigenvalue weighted by atomic mass is 16.3. The number of piperidine rings is 1. The van der Waals surface area contributed by atoms with Gasteiger partial charge in [-0.2, -0.15) is 9.97 Å². The van der Waals surface area contributed by atoms with Gasteiger partial charge < -0.3 is 25.6 Å². The van der Waals surface area contributed by atoms with Crippen molar-refractivity contribution in [2.45, 2.75) is 25.9 Å². The predicted molar refractivity (Wildman–Crippen MR) is 134 cm³/mol. The predicted octanol–water partition coefficient (Wildman–Crippen LogP) is 2.97. The minimum Gasteiger partial charge on any atom is -0.393 e. The molecule has 0 amide bonds. The zero-order chi connectivity index (χ0) is 22.1. The smallest absolute Gasteiger partial charge is 0.231 e. The highest BCUT2D eigenvalue weighted by Gasteiger charge is 2.18. The number of H-pyrrole nitrogens is 1. The van der Waals surface area contributed by atoms with Gasteiger partial charge in [-0.25, -0.2) is 0 Å². The Balaban J connectivity index is 1.41. The van der Waals surface area contributed by atoms with Crippen molar-refractivity contribution < 1.29 is 5.11 Å². The number of nitrogens with zero attached hydrogens (tertiary/aromatic N) is 3. The van der Waals surface area contributed by atoms with Crippen LogP contribution < -0.4 is 21.0 Å². The maximum atomic E-state index is 9.77. The van der Waals surface area contributed by atoms with Crippen molar-refractivity contribution in [3.8, 4) is 0 Å². The molecular weight excluding hydrogens is 399 g/mol. The Morgan fingerprint density at radius 2 is 1.84 bits per heavy atom. The fourth-order valence-electron chi connectivity index (χ4n) is 4.16. The minimum absolute atomic E-state index is 0.171. The molecule has 0 bridgehead atoms. The van der Waals surface area contributed by atoms with Crippen molar-refractivity contribution in [1.29, 1.82) is 0 Å². The molecule has 162 valence electrons. The van der Waals surface area contributed by atoms with Crippen LogP contribution in [0.4, 0.5) is 28.8 Å². The standard InChI is InChI=1S/C24H27BN6O/c1-15-4-2-3-5-20(15)27-23-18-8-11-26-22(18)29-24(30-23)28-21-7-6-16(14-19(21)25)31-12-9-17(32)10-13-31/h2-8,11,14,17,32H,9-10,12-13,25H2,1H3,(H3,26,27,28,29,30). The number of aliphatic hydroxyl groups is 1. The summed E-state index contributed by atoms with van der Waals surface area (Å²) in [5.74, 6) is 1.29. The number of anilines is 5. The molecule has 1 aliphatic heterocycles. The molecule has 32 heavy (non-hydrogen) atoms. The van der Waals surface area contributed by atoms with E-state index in [1.54, 1.807) is 0 Å². The molecule has 7 nitrogen and oxygen atoms in total. The first-order chi connectivity index (χ1) is 15.6. The highest BCUT2D eigenvalue weighted by molar-refractivity contribution is 6.36. The van der Waals surface area contributed by atoms with Gasteiger partial charge in [-0.15, -0.1) is 0 Å². The summed E-state index contributed by atoms with van der Waals surface area (Å²) in [6.07, 6.45) is 3.34. The van der Waals surface area contributed by atoms with E-state index in [0.717, 1.165) is 65.2 Å². The molecule has 0 saturated carbocycles. The molecule has 8 heteroatoms. The molecular formula is C24H27BN6O. The molecule has 2 aromatic heterocycles. The summed E-state index contributed by atoms with van der Waals surface area (Å²) in [5, 5.41) is 17.6. The van der Waals surface area contributed by atoms with E-state index in [4.69, 9.17) is 4.98 Å². The molecule has 0 atom stereocenters. The number of hydrogen-bond acceptors (Lipinski definition) is 6. The fourth-order valence-corrected chi connectivity index (χ4v) is 4.16. The fraction of sp³-hybridized carbons (Fsp3) is 0.250. The normalized spacial score (nSPS) is 14.6. The third-order valence-electron chi connectivity index (χ3n) is 6.10. The Bertz CT molecular complexity index is 1250. The lowest BCUT2D eigenvalue weighted by atomic mass is 9.93. The highest BCUT2D eigenvalue weighted by Crippen LogP contribution is 2.27. The van der Waals surface area contributed by atoms with E-state index < -0.39 is 0 Å². The molecule has 1 saturated heterocycles. The number of rotatable bonds is 5. The number of aliphatic hydroxyl groups excluding tert-OH is 1. The van der Waals surface area contributed by atoms with E-state index in [1.165, 1.54) is 5.69 Å². The number of hydrogen-bond donors (Lipinski definition) is 4. The van der Waals surface area contributed by atoms with Crippen LogP contribution in [-0.2, 0) is 0 Å². The summed E-state index contributed by atoms with van der Waals surface area (Å²) in [6.45, 7) is 3.84. The minimum atomic E-state index is -0.171. The Morgan fingerprint density at radius 1 is 1.03 bits per heavy atom. The van der Waals surface area contributed by atoms with Crippen LogP contribution in [0.2, 0.25) is 0 Å². The third-order valence-corrected chi connectivity index (χ3v) is 6.10. The quantitative estimate of drug-likeness (QED) is 0.367. The van der Waals surface area contributed by atoms with Gasteiger partial charge in [0.05, 0.1) is 11.5 Å². The second-order valence-corrected chi connectivity index (χ2v) is 8.42. The first-order valence-electron chi connectivity index (χ1n) is 11.1. The van der Waals surface area contributed by atoms with Gasteiger partial charge in [-0.05, 0) is 55.7 Å². The van der Waals surface area contributed by atoms with Gasteiger partial charge in [-0.1, -0.05) is 23.7 Å².